The highest BCUT2D eigenvalue weighted by atomic mass is 19.4. The van der Waals surface area contributed by atoms with Crippen molar-refractivity contribution in [3.63, 3.8) is 0 Å². The van der Waals surface area contributed by atoms with Crippen LogP contribution in [0.5, 0.6) is 5.88 Å². The lowest BCUT2D eigenvalue weighted by atomic mass is 9.83. The van der Waals surface area contributed by atoms with Crippen LogP contribution in [0.15, 0.2) is 42.6 Å². The molecule has 2 aromatic carbocycles. The summed E-state index contributed by atoms with van der Waals surface area (Å²) in [6, 6.07) is 6.98. The normalized spacial score (nSPS) is 21.9. The number of carboxylic acids is 1. The van der Waals surface area contributed by atoms with Gasteiger partial charge in [-0.05, 0) is 92.0 Å². The Morgan fingerprint density at radius 3 is 2.40 bits per heavy atom. The summed E-state index contributed by atoms with van der Waals surface area (Å²) in [6.07, 6.45) is -1.46. The lowest BCUT2D eigenvalue weighted by molar-refractivity contribution is -0.139. The third kappa shape index (κ3) is 5.55. The zero-order chi connectivity index (χ0) is 30.8. The highest BCUT2D eigenvalue weighted by Crippen LogP contribution is 2.61. The molecule has 1 aromatic heterocycles. The molecule has 6 rings (SSSR count). The summed E-state index contributed by atoms with van der Waals surface area (Å²) >= 11 is 0. The Kier molecular flexibility index (Phi) is 7.14. The predicted molar refractivity (Wildman–Crippen MR) is 148 cm³/mol. The minimum atomic E-state index is -4.93. The van der Waals surface area contributed by atoms with E-state index in [1.54, 1.807) is 26.0 Å². The van der Waals surface area contributed by atoms with Crippen molar-refractivity contribution in [2.45, 2.75) is 57.4 Å². The molecule has 0 unspecified atom stereocenters. The first-order valence-corrected chi connectivity index (χ1v) is 14.2. The zero-order valence-electron chi connectivity index (χ0n) is 23.6. The summed E-state index contributed by atoms with van der Waals surface area (Å²) < 4.78 is 77.9. The SMILES string of the molecule is CC(C)(O)C1CCN(c2ccc(-c3cc(COc4cc5c(cn4)[C@H]4[C@@H](C5)[C@@H]4C(=O)O)c(F)cc3C(F)(F)F)c(F)c2)CC1. The number of alkyl halides is 3. The van der Waals surface area contributed by atoms with Gasteiger partial charge in [-0.15, -0.1) is 0 Å². The van der Waals surface area contributed by atoms with E-state index in [1.165, 1.54) is 18.3 Å². The number of hydrogen-bond acceptors (Lipinski definition) is 5. The molecule has 11 heteroatoms. The molecule has 0 spiro atoms. The number of fused-ring (bicyclic) bond motifs is 3. The van der Waals surface area contributed by atoms with E-state index in [-0.39, 0.29) is 34.8 Å². The Morgan fingerprint density at radius 2 is 1.77 bits per heavy atom. The standard InChI is InChI=1S/C32H31F5N2O4/c1-31(2,42)18-5-7-39(8-6-18)19-3-4-20(26(34)12-19)21-10-17(25(33)13-24(21)32(35,36)37)15-43-27-11-16-9-22-28(23(16)14-38-27)29(22)30(40)41/h3-4,10-14,18,22,28-29,42H,5-9,15H2,1-2H3,(H,40,41)/t22-,28-,29+/m1/s1. The molecule has 3 atom stereocenters. The van der Waals surface area contributed by atoms with Crippen molar-refractivity contribution in [1.82, 2.24) is 4.98 Å². The first-order valence-electron chi connectivity index (χ1n) is 14.2. The van der Waals surface area contributed by atoms with Crippen LogP contribution >= 0.6 is 0 Å². The smallest absolute Gasteiger partial charge is 0.417 e. The van der Waals surface area contributed by atoms with E-state index in [1.807, 2.05) is 4.90 Å². The number of halogens is 5. The minimum absolute atomic E-state index is 0.0141. The van der Waals surface area contributed by atoms with Crippen LogP contribution in [0.2, 0.25) is 0 Å². The maximum atomic E-state index is 15.4. The fraction of sp³-hybridized carbons (Fsp3) is 0.438. The quantitative estimate of drug-likeness (QED) is 0.297. The van der Waals surface area contributed by atoms with Crippen molar-refractivity contribution < 1.29 is 41.7 Å². The van der Waals surface area contributed by atoms with E-state index in [0.717, 1.165) is 17.2 Å². The fourth-order valence-electron chi connectivity index (χ4n) is 6.79. The van der Waals surface area contributed by atoms with Gasteiger partial charge in [0.05, 0.1) is 17.1 Å². The third-order valence-corrected chi connectivity index (χ3v) is 9.24. The molecule has 1 aliphatic heterocycles. The van der Waals surface area contributed by atoms with Gasteiger partial charge in [-0.1, -0.05) is 0 Å². The Morgan fingerprint density at radius 1 is 1.05 bits per heavy atom. The molecule has 43 heavy (non-hydrogen) atoms. The second-order valence-corrected chi connectivity index (χ2v) is 12.3. The van der Waals surface area contributed by atoms with Crippen LogP contribution in [0.1, 0.15) is 54.9 Å². The van der Waals surface area contributed by atoms with E-state index >= 15 is 4.39 Å². The van der Waals surface area contributed by atoms with Crippen LogP contribution < -0.4 is 9.64 Å². The molecule has 228 valence electrons. The predicted octanol–water partition coefficient (Wildman–Crippen LogP) is 6.58. The van der Waals surface area contributed by atoms with Gasteiger partial charge >= 0.3 is 12.1 Å². The van der Waals surface area contributed by atoms with E-state index < -0.39 is 53.0 Å². The second-order valence-electron chi connectivity index (χ2n) is 12.3. The number of pyridine rings is 1. The van der Waals surface area contributed by atoms with Crippen molar-refractivity contribution in [2.24, 2.45) is 17.8 Å². The number of carboxylic acid groups (broad SMARTS) is 1. The number of aromatic nitrogens is 1. The summed E-state index contributed by atoms with van der Waals surface area (Å²) in [5, 5.41) is 19.6. The molecule has 0 bridgehead atoms. The summed E-state index contributed by atoms with van der Waals surface area (Å²) in [4.78, 5) is 17.4. The van der Waals surface area contributed by atoms with Gasteiger partial charge in [0.15, 0.2) is 0 Å². The topological polar surface area (TPSA) is 82.9 Å². The van der Waals surface area contributed by atoms with Gasteiger partial charge in [0.2, 0.25) is 5.88 Å². The Balaban J connectivity index is 1.23. The number of benzene rings is 2. The van der Waals surface area contributed by atoms with Crippen molar-refractivity contribution >= 4 is 11.7 Å². The number of anilines is 1. The van der Waals surface area contributed by atoms with E-state index in [0.29, 0.717) is 44.1 Å². The van der Waals surface area contributed by atoms with Gasteiger partial charge in [0, 0.05) is 48.1 Å². The van der Waals surface area contributed by atoms with Crippen LogP contribution in [-0.4, -0.2) is 39.9 Å². The van der Waals surface area contributed by atoms with Crippen LogP contribution in [0.25, 0.3) is 11.1 Å². The Hall–Kier alpha value is -3.73. The second kappa shape index (κ2) is 10.5. The molecule has 2 fully saturated rings. The van der Waals surface area contributed by atoms with Gasteiger partial charge < -0.3 is 19.8 Å². The number of nitrogens with zero attached hydrogens (tertiary/aromatic N) is 2. The molecule has 0 radical (unpaired) electrons. The van der Waals surface area contributed by atoms with Gasteiger partial charge in [0.1, 0.15) is 18.2 Å². The molecule has 1 saturated heterocycles. The third-order valence-electron chi connectivity index (χ3n) is 9.24. The number of aliphatic carboxylic acids is 1. The number of hydrogen-bond donors (Lipinski definition) is 2. The number of ether oxygens (including phenoxy) is 1. The number of carbonyl (C=O) groups is 1. The highest BCUT2D eigenvalue weighted by Gasteiger charge is 2.60. The van der Waals surface area contributed by atoms with Crippen LogP contribution in [-0.2, 0) is 24.0 Å². The van der Waals surface area contributed by atoms with E-state index in [4.69, 9.17) is 4.74 Å². The fourth-order valence-corrected chi connectivity index (χ4v) is 6.79. The van der Waals surface area contributed by atoms with Crippen molar-refractivity contribution in [3.8, 4) is 17.0 Å². The van der Waals surface area contributed by atoms with Crippen LogP contribution in [0.4, 0.5) is 27.6 Å². The Labute approximate surface area is 245 Å². The molecule has 3 aromatic rings. The van der Waals surface area contributed by atoms with Gasteiger partial charge in [-0.3, -0.25) is 4.79 Å². The Bertz CT molecular complexity index is 1580. The van der Waals surface area contributed by atoms with Crippen molar-refractivity contribution in [2.75, 3.05) is 18.0 Å². The molecule has 0 amide bonds. The zero-order valence-corrected chi connectivity index (χ0v) is 23.6. The van der Waals surface area contributed by atoms with Crippen molar-refractivity contribution in [3.05, 3.63) is 76.5 Å². The van der Waals surface area contributed by atoms with Gasteiger partial charge in [-0.2, -0.15) is 13.2 Å². The van der Waals surface area contributed by atoms with E-state index in [9.17, 15) is 32.6 Å². The summed E-state index contributed by atoms with van der Waals surface area (Å²) in [6.45, 7) is 4.20. The molecule has 6 nitrogen and oxygen atoms in total. The van der Waals surface area contributed by atoms with Crippen LogP contribution in [0.3, 0.4) is 0 Å². The minimum Gasteiger partial charge on any atom is -0.481 e. The summed E-state index contributed by atoms with van der Waals surface area (Å²) in [7, 11) is 0. The average molecular weight is 603 g/mol. The highest BCUT2D eigenvalue weighted by molar-refractivity contribution is 5.78. The summed E-state index contributed by atoms with van der Waals surface area (Å²) in [5.74, 6) is -3.11. The molecule has 1 saturated carbocycles. The number of piperidine rings is 1. The maximum absolute atomic E-state index is 15.4. The maximum Gasteiger partial charge on any atom is 0.417 e. The number of aliphatic hydroxyl groups is 1. The molecular weight excluding hydrogens is 571 g/mol. The van der Waals surface area contributed by atoms with Gasteiger partial charge in [-0.25, -0.2) is 13.8 Å². The molecule has 2 aliphatic carbocycles. The lowest BCUT2D eigenvalue weighted by Gasteiger charge is -2.38. The van der Waals surface area contributed by atoms with E-state index in [2.05, 4.69) is 4.98 Å². The molecule has 3 aliphatic rings. The monoisotopic (exact) mass is 602 g/mol. The van der Waals surface area contributed by atoms with Gasteiger partial charge in [0.25, 0.3) is 0 Å². The van der Waals surface area contributed by atoms with Crippen molar-refractivity contribution in [1.29, 1.82) is 0 Å². The summed E-state index contributed by atoms with van der Waals surface area (Å²) in [5.41, 5.74) is -0.895. The largest absolute Gasteiger partial charge is 0.481 e. The average Bonchev–Trinajstić information content (AvgIpc) is 3.53. The number of rotatable bonds is 7. The lowest BCUT2D eigenvalue weighted by Crippen LogP contribution is -2.41. The first kappa shape index (κ1) is 29.3. The van der Waals surface area contributed by atoms with Crippen LogP contribution in [0, 0.1) is 29.4 Å². The first-order chi connectivity index (χ1) is 20.2. The molecule has 2 heterocycles. The molecular formula is C32H31F5N2O4. The molecule has 2 N–H and O–H groups in total.